The fraction of sp³-hybridized carbons (Fsp3) is 0.333. The molecule has 150 valence electrons. The van der Waals surface area contributed by atoms with Crippen LogP contribution in [0.25, 0.3) is 0 Å². The Bertz CT molecular complexity index is 803. The smallest absolute Gasteiger partial charge is 0.257 e. The molecule has 0 bridgehead atoms. The van der Waals surface area contributed by atoms with Gasteiger partial charge >= 0.3 is 0 Å². The fourth-order valence-corrected chi connectivity index (χ4v) is 3.18. The van der Waals surface area contributed by atoms with Crippen LogP contribution in [-0.4, -0.2) is 54.4 Å². The van der Waals surface area contributed by atoms with Crippen LogP contribution < -0.4 is 10.5 Å². The van der Waals surface area contributed by atoms with Crippen molar-refractivity contribution in [1.82, 2.24) is 9.80 Å². The van der Waals surface area contributed by atoms with E-state index in [9.17, 15) is 9.59 Å². The van der Waals surface area contributed by atoms with Crippen LogP contribution >= 0.6 is 12.4 Å². The van der Waals surface area contributed by atoms with Gasteiger partial charge in [0, 0.05) is 31.9 Å². The van der Waals surface area contributed by atoms with Crippen LogP contribution in [-0.2, 0) is 11.2 Å². The average molecular weight is 404 g/mol. The summed E-state index contributed by atoms with van der Waals surface area (Å²) in [4.78, 5) is 28.9. The molecule has 1 saturated heterocycles. The second-order valence-corrected chi connectivity index (χ2v) is 6.52. The van der Waals surface area contributed by atoms with Crippen molar-refractivity contribution in [3.63, 3.8) is 0 Å². The quantitative estimate of drug-likeness (QED) is 0.778. The molecule has 1 aliphatic rings. The maximum atomic E-state index is 12.8. The molecule has 1 fully saturated rings. The van der Waals surface area contributed by atoms with Gasteiger partial charge in [-0.25, -0.2) is 0 Å². The summed E-state index contributed by atoms with van der Waals surface area (Å²) in [6.07, 6.45) is 0.349. The Labute approximate surface area is 171 Å². The average Bonchev–Trinajstić information content (AvgIpc) is 2.70. The van der Waals surface area contributed by atoms with Gasteiger partial charge in [-0.05, 0) is 36.8 Å². The summed E-state index contributed by atoms with van der Waals surface area (Å²) in [7, 11) is 0. The number of benzene rings is 2. The SMILES string of the molecule is CCOc1ccccc1C(=O)N1CCN(C(=O)Cc2ccc(N)cc2)CC1.Cl. The second kappa shape index (κ2) is 9.99. The minimum Gasteiger partial charge on any atom is -0.493 e. The van der Waals surface area contributed by atoms with Crippen LogP contribution in [0.1, 0.15) is 22.8 Å². The number of nitrogen functional groups attached to an aromatic ring is 1. The van der Waals surface area contributed by atoms with E-state index in [1.54, 1.807) is 23.1 Å². The number of rotatable bonds is 5. The zero-order valence-corrected chi connectivity index (χ0v) is 16.8. The Morgan fingerprint density at radius 2 is 1.57 bits per heavy atom. The van der Waals surface area contributed by atoms with Crippen molar-refractivity contribution in [1.29, 1.82) is 0 Å². The number of ether oxygens (including phenoxy) is 1. The molecule has 28 heavy (non-hydrogen) atoms. The Morgan fingerprint density at radius 3 is 2.21 bits per heavy atom. The van der Waals surface area contributed by atoms with E-state index in [1.807, 2.05) is 42.2 Å². The van der Waals surface area contributed by atoms with E-state index in [4.69, 9.17) is 10.5 Å². The summed E-state index contributed by atoms with van der Waals surface area (Å²) in [5.41, 5.74) is 7.88. The number of hydrogen-bond acceptors (Lipinski definition) is 4. The number of piperazine rings is 1. The molecule has 0 aliphatic carbocycles. The third-order valence-corrected chi connectivity index (χ3v) is 4.67. The first kappa shape index (κ1) is 21.6. The number of hydrogen-bond donors (Lipinski definition) is 1. The molecule has 2 aromatic carbocycles. The highest BCUT2D eigenvalue weighted by Crippen LogP contribution is 2.21. The Balaban J connectivity index is 0.00000280. The highest BCUT2D eigenvalue weighted by molar-refractivity contribution is 5.97. The minimum atomic E-state index is -0.0512. The summed E-state index contributed by atoms with van der Waals surface area (Å²) in [6.45, 7) is 4.52. The lowest BCUT2D eigenvalue weighted by molar-refractivity contribution is -0.131. The molecule has 1 aliphatic heterocycles. The maximum absolute atomic E-state index is 12.8. The van der Waals surface area contributed by atoms with E-state index in [0.717, 1.165) is 5.56 Å². The number of halogens is 1. The molecule has 0 saturated carbocycles. The Morgan fingerprint density at radius 1 is 0.964 bits per heavy atom. The molecule has 0 spiro atoms. The summed E-state index contributed by atoms with van der Waals surface area (Å²) in [5, 5.41) is 0. The van der Waals surface area contributed by atoms with Gasteiger partial charge in [0.15, 0.2) is 0 Å². The number of amides is 2. The predicted molar refractivity (Wildman–Crippen MR) is 112 cm³/mol. The normalized spacial score (nSPS) is 13.6. The second-order valence-electron chi connectivity index (χ2n) is 6.52. The van der Waals surface area contributed by atoms with Crippen molar-refractivity contribution in [2.75, 3.05) is 38.5 Å². The van der Waals surface area contributed by atoms with Crippen LogP contribution in [0.15, 0.2) is 48.5 Å². The fourth-order valence-electron chi connectivity index (χ4n) is 3.18. The van der Waals surface area contributed by atoms with Crippen molar-refractivity contribution in [3.8, 4) is 5.75 Å². The first-order valence-corrected chi connectivity index (χ1v) is 9.21. The van der Waals surface area contributed by atoms with Gasteiger partial charge in [-0.15, -0.1) is 12.4 Å². The molecule has 0 unspecified atom stereocenters. The molecule has 2 N–H and O–H groups in total. The molecule has 2 aromatic rings. The molecular formula is C21H26ClN3O3. The highest BCUT2D eigenvalue weighted by atomic mass is 35.5. The summed E-state index contributed by atoms with van der Waals surface area (Å²) >= 11 is 0. The van der Waals surface area contributed by atoms with Gasteiger partial charge in [-0.3, -0.25) is 9.59 Å². The molecule has 1 heterocycles. The monoisotopic (exact) mass is 403 g/mol. The van der Waals surface area contributed by atoms with Gasteiger partial charge < -0.3 is 20.3 Å². The van der Waals surface area contributed by atoms with Gasteiger partial charge in [0.1, 0.15) is 5.75 Å². The van der Waals surface area contributed by atoms with Gasteiger partial charge in [0.05, 0.1) is 18.6 Å². The number of para-hydroxylation sites is 1. The van der Waals surface area contributed by atoms with Crippen LogP contribution in [0.3, 0.4) is 0 Å². The van der Waals surface area contributed by atoms with Crippen LogP contribution in [0.2, 0.25) is 0 Å². The van der Waals surface area contributed by atoms with E-state index in [0.29, 0.717) is 56.2 Å². The standard InChI is InChI=1S/C21H25N3O3.ClH/c1-2-27-19-6-4-3-5-18(19)21(26)24-13-11-23(12-14-24)20(25)15-16-7-9-17(22)10-8-16;/h3-10H,2,11-15,22H2,1H3;1H. The zero-order valence-electron chi connectivity index (χ0n) is 16.0. The van der Waals surface area contributed by atoms with E-state index in [2.05, 4.69) is 0 Å². The van der Waals surface area contributed by atoms with Crippen molar-refractivity contribution < 1.29 is 14.3 Å². The van der Waals surface area contributed by atoms with Gasteiger partial charge in [-0.1, -0.05) is 24.3 Å². The summed E-state index contributed by atoms with van der Waals surface area (Å²) < 4.78 is 5.56. The van der Waals surface area contributed by atoms with Crippen LogP contribution in [0, 0.1) is 0 Å². The number of anilines is 1. The number of carbonyl (C=O) groups excluding carboxylic acids is 2. The van der Waals surface area contributed by atoms with E-state index in [-0.39, 0.29) is 24.2 Å². The summed E-state index contributed by atoms with van der Waals surface area (Å²) in [5.74, 6) is 0.623. The van der Waals surface area contributed by atoms with Crippen molar-refractivity contribution in [3.05, 3.63) is 59.7 Å². The van der Waals surface area contributed by atoms with E-state index in [1.165, 1.54) is 0 Å². The van der Waals surface area contributed by atoms with Crippen LogP contribution in [0.4, 0.5) is 5.69 Å². The first-order chi connectivity index (χ1) is 13.1. The molecule has 2 amide bonds. The number of nitrogens with zero attached hydrogens (tertiary/aromatic N) is 2. The molecular weight excluding hydrogens is 378 g/mol. The maximum Gasteiger partial charge on any atom is 0.257 e. The minimum absolute atomic E-state index is 0. The van der Waals surface area contributed by atoms with Gasteiger partial charge in [-0.2, -0.15) is 0 Å². The molecule has 6 nitrogen and oxygen atoms in total. The lowest BCUT2D eigenvalue weighted by Gasteiger charge is -2.35. The lowest BCUT2D eigenvalue weighted by Crippen LogP contribution is -2.51. The molecule has 7 heteroatoms. The first-order valence-electron chi connectivity index (χ1n) is 9.21. The number of nitrogens with two attached hydrogens (primary N) is 1. The summed E-state index contributed by atoms with van der Waals surface area (Å²) in [6, 6.07) is 14.6. The largest absolute Gasteiger partial charge is 0.493 e. The van der Waals surface area contributed by atoms with Crippen LogP contribution in [0.5, 0.6) is 5.75 Å². The van der Waals surface area contributed by atoms with Gasteiger partial charge in [0.25, 0.3) is 5.91 Å². The molecule has 0 aromatic heterocycles. The lowest BCUT2D eigenvalue weighted by atomic mass is 10.1. The van der Waals surface area contributed by atoms with Crippen molar-refractivity contribution in [2.45, 2.75) is 13.3 Å². The molecule has 0 radical (unpaired) electrons. The van der Waals surface area contributed by atoms with Crippen molar-refractivity contribution >= 4 is 29.9 Å². The van der Waals surface area contributed by atoms with E-state index < -0.39 is 0 Å². The highest BCUT2D eigenvalue weighted by Gasteiger charge is 2.26. The van der Waals surface area contributed by atoms with E-state index >= 15 is 0 Å². The predicted octanol–water partition coefficient (Wildman–Crippen LogP) is 2.62. The molecule has 3 rings (SSSR count). The van der Waals surface area contributed by atoms with Gasteiger partial charge in [0.2, 0.25) is 5.91 Å². The third-order valence-electron chi connectivity index (χ3n) is 4.67. The number of carbonyl (C=O) groups is 2. The van der Waals surface area contributed by atoms with Crippen molar-refractivity contribution in [2.24, 2.45) is 0 Å². The zero-order chi connectivity index (χ0) is 19.2. The Kier molecular flexibility index (Phi) is 7.70. The molecule has 0 atom stereocenters. The topological polar surface area (TPSA) is 75.9 Å². The third kappa shape index (κ3) is 5.16. The Hall–Kier alpha value is -2.73.